The Morgan fingerprint density at radius 1 is 1.10 bits per heavy atom. The zero-order chi connectivity index (χ0) is 15.2. The summed E-state index contributed by atoms with van der Waals surface area (Å²) >= 11 is 0. The lowest BCUT2D eigenvalue weighted by Gasteiger charge is -2.21. The van der Waals surface area contributed by atoms with Gasteiger partial charge in [0, 0.05) is 25.2 Å². The van der Waals surface area contributed by atoms with Gasteiger partial charge in [-0.15, -0.1) is 0 Å². The van der Waals surface area contributed by atoms with Gasteiger partial charge in [-0.25, -0.2) is 4.98 Å². The summed E-state index contributed by atoms with van der Waals surface area (Å²) in [7, 11) is 0. The van der Waals surface area contributed by atoms with Crippen molar-refractivity contribution in [1.29, 1.82) is 0 Å². The Hall–Kier alpha value is -2.49. The van der Waals surface area contributed by atoms with Crippen LogP contribution >= 0.6 is 0 Å². The first-order valence-corrected chi connectivity index (χ1v) is 6.98. The van der Waals surface area contributed by atoms with Crippen LogP contribution in [-0.2, 0) is 4.79 Å². The van der Waals surface area contributed by atoms with Crippen molar-refractivity contribution in [2.24, 2.45) is 0 Å². The Bertz CT molecular complexity index is 638. The van der Waals surface area contributed by atoms with Crippen LogP contribution in [0.1, 0.15) is 36.2 Å². The van der Waals surface area contributed by atoms with E-state index in [1.807, 2.05) is 25.1 Å². The molecule has 0 N–H and O–H groups in total. The number of carbonyl (C=O) groups excluding carboxylic acids is 2. The number of hydrogen-bond acceptors (Lipinski definition) is 3. The molecule has 0 atom stereocenters. The molecule has 0 fully saturated rings. The van der Waals surface area contributed by atoms with Crippen molar-refractivity contribution in [3.05, 3.63) is 59.8 Å². The topological polar surface area (TPSA) is 50.3 Å². The third kappa shape index (κ3) is 3.34. The van der Waals surface area contributed by atoms with Crippen molar-refractivity contribution in [2.75, 3.05) is 11.4 Å². The summed E-state index contributed by atoms with van der Waals surface area (Å²) in [6.07, 6.45) is 2.40. The van der Waals surface area contributed by atoms with E-state index in [4.69, 9.17) is 0 Å². The zero-order valence-corrected chi connectivity index (χ0v) is 12.2. The molecule has 0 aliphatic carbocycles. The zero-order valence-electron chi connectivity index (χ0n) is 12.2. The molecule has 4 nitrogen and oxygen atoms in total. The van der Waals surface area contributed by atoms with Gasteiger partial charge >= 0.3 is 0 Å². The molecule has 0 aliphatic heterocycles. The highest BCUT2D eigenvalue weighted by Crippen LogP contribution is 2.21. The van der Waals surface area contributed by atoms with Gasteiger partial charge in [0.2, 0.25) is 5.91 Å². The number of rotatable bonds is 5. The summed E-state index contributed by atoms with van der Waals surface area (Å²) < 4.78 is 0. The summed E-state index contributed by atoms with van der Waals surface area (Å²) in [4.78, 5) is 30.2. The van der Waals surface area contributed by atoms with Gasteiger partial charge in [-0.05, 0) is 18.6 Å². The minimum absolute atomic E-state index is 0.113. The van der Waals surface area contributed by atoms with E-state index in [9.17, 15) is 9.59 Å². The monoisotopic (exact) mass is 282 g/mol. The number of nitrogens with zero attached hydrogens (tertiary/aromatic N) is 2. The number of hydrogen-bond donors (Lipinski definition) is 0. The molecule has 4 heteroatoms. The second-order valence-electron chi connectivity index (χ2n) is 4.74. The molecule has 1 aromatic heterocycles. The molecule has 0 bridgehead atoms. The second-order valence-corrected chi connectivity index (χ2v) is 4.74. The van der Waals surface area contributed by atoms with E-state index in [-0.39, 0.29) is 11.7 Å². The molecule has 1 amide bonds. The molecule has 0 unspecified atom stereocenters. The first kappa shape index (κ1) is 14.9. The van der Waals surface area contributed by atoms with Gasteiger partial charge in [0.15, 0.2) is 5.78 Å². The number of amides is 1. The second kappa shape index (κ2) is 6.79. The summed E-state index contributed by atoms with van der Waals surface area (Å²) in [6.45, 7) is 4.01. The molecule has 1 heterocycles. The van der Waals surface area contributed by atoms with Crippen LogP contribution in [0, 0.1) is 0 Å². The maximum absolute atomic E-state index is 12.6. The molecule has 0 aliphatic rings. The van der Waals surface area contributed by atoms with Crippen molar-refractivity contribution >= 4 is 17.5 Å². The first-order chi connectivity index (χ1) is 10.1. The fraction of sp³-hybridized carbons (Fsp3) is 0.235. The summed E-state index contributed by atoms with van der Waals surface area (Å²) in [6, 6.07) is 12.4. The number of benzene rings is 1. The highest BCUT2D eigenvalue weighted by Gasteiger charge is 2.20. The maximum Gasteiger partial charge on any atom is 0.225 e. The molecular weight excluding hydrogens is 264 g/mol. The molecule has 0 saturated heterocycles. The minimum Gasteiger partial charge on any atom is -0.296 e. The average molecular weight is 282 g/mol. The predicted octanol–water partition coefficient (Wildman–Crippen LogP) is 3.08. The van der Waals surface area contributed by atoms with Gasteiger partial charge in [-0.2, -0.15) is 0 Å². The SMILES string of the molecule is CCCN(C(C)=O)c1ncccc1C(=O)c1ccccc1. The van der Waals surface area contributed by atoms with Crippen LogP contribution in [0.4, 0.5) is 5.82 Å². The highest BCUT2D eigenvalue weighted by atomic mass is 16.2. The van der Waals surface area contributed by atoms with Crippen LogP contribution < -0.4 is 4.90 Å². The van der Waals surface area contributed by atoms with Gasteiger partial charge in [0.25, 0.3) is 0 Å². The lowest BCUT2D eigenvalue weighted by atomic mass is 10.0. The van der Waals surface area contributed by atoms with Crippen LogP contribution in [0.25, 0.3) is 0 Å². The van der Waals surface area contributed by atoms with E-state index in [2.05, 4.69) is 4.98 Å². The van der Waals surface area contributed by atoms with Crippen molar-refractivity contribution in [2.45, 2.75) is 20.3 Å². The molecule has 1 aromatic carbocycles. The third-order valence-corrected chi connectivity index (χ3v) is 3.15. The van der Waals surface area contributed by atoms with Crippen molar-refractivity contribution in [1.82, 2.24) is 4.98 Å². The lowest BCUT2D eigenvalue weighted by molar-refractivity contribution is -0.116. The molecule has 2 aromatic rings. The number of pyridine rings is 1. The molecule has 0 radical (unpaired) electrons. The van der Waals surface area contributed by atoms with Crippen molar-refractivity contribution in [3.8, 4) is 0 Å². The molecule has 0 saturated carbocycles. The van der Waals surface area contributed by atoms with Crippen LogP contribution in [-0.4, -0.2) is 23.2 Å². The Kier molecular flexibility index (Phi) is 4.82. The minimum atomic E-state index is -0.124. The van der Waals surface area contributed by atoms with E-state index in [1.165, 1.54) is 6.92 Å². The molecular formula is C17H18N2O2. The van der Waals surface area contributed by atoms with Crippen LogP contribution in [0.3, 0.4) is 0 Å². The van der Waals surface area contributed by atoms with Crippen LogP contribution in [0.2, 0.25) is 0 Å². The number of anilines is 1. The quantitative estimate of drug-likeness (QED) is 0.792. The van der Waals surface area contributed by atoms with Gasteiger partial charge in [0.1, 0.15) is 5.82 Å². The molecule has 108 valence electrons. The third-order valence-electron chi connectivity index (χ3n) is 3.15. The predicted molar refractivity (Wildman–Crippen MR) is 82.4 cm³/mol. The smallest absolute Gasteiger partial charge is 0.225 e. The van der Waals surface area contributed by atoms with Gasteiger partial charge in [-0.1, -0.05) is 37.3 Å². The van der Waals surface area contributed by atoms with E-state index in [1.54, 1.807) is 35.4 Å². The van der Waals surface area contributed by atoms with Gasteiger partial charge in [0.05, 0.1) is 5.56 Å². The summed E-state index contributed by atoms with van der Waals surface area (Å²) in [5, 5.41) is 0. The lowest BCUT2D eigenvalue weighted by Crippen LogP contribution is -2.31. The summed E-state index contributed by atoms with van der Waals surface area (Å²) in [5.41, 5.74) is 1.04. The average Bonchev–Trinajstić information content (AvgIpc) is 2.52. The molecule has 0 spiro atoms. The van der Waals surface area contributed by atoms with Crippen molar-refractivity contribution < 1.29 is 9.59 Å². The largest absolute Gasteiger partial charge is 0.296 e. The Labute approximate surface area is 124 Å². The van der Waals surface area contributed by atoms with Crippen LogP contribution in [0.5, 0.6) is 0 Å². The fourth-order valence-electron chi connectivity index (χ4n) is 2.17. The Balaban J connectivity index is 2.45. The molecule has 2 rings (SSSR count). The van der Waals surface area contributed by atoms with E-state index < -0.39 is 0 Å². The number of ketones is 1. The number of carbonyl (C=O) groups is 2. The fourth-order valence-corrected chi connectivity index (χ4v) is 2.17. The van der Waals surface area contributed by atoms with Gasteiger partial charge in [-0.3, -0.25) is 14.5 Å². The standard InChI is InChI=1S/C17H18N2O2/c1-3-12-19(13(2)20)17-15(10-7-11-18-17)16(21)14-8-5-4-6-9-14/h4-11H,3,12H2,1-2H3. The van der Waals surface area contributed by atoms with Gasteiger partial charge < -0.3 is 0 Å². The Morgan fingerprint density at radius 3 is 2.43 bits per heavy atom. The summed E-state index contributed by atoms with van der Waals surface area (Å²) in [5.74, 6) is 0.194. The van der Waals surface area contributed by atoms with E-state index >= 15 is 0 Å². The van der Waals surface area contributed by atoms with E-state index in [0.29, 0.717) is 23.5 Å². The highest BCUT2D eigenvalue weighted by molar-refractivity contribution is 6.13. The normalized spacial score (nSPS) is 10.2. The number of aromatic nitrogens is 1. The first-order valence-electron chi connectivity index (χ1n) is 6.98. The Morgan fingerprint density at radius 2 is 1.81 bits per heavy atom. The van der Waals surface area contributed by atoms with E-state index in [0.717, 1.165) is 6.42 Å². The van der Waals surface area contributed by atoms with Crippen molar-refractivity contribution in [3.63, 3.8) is 0 Å². The molecule has 21 heavy (non-hydrogen) atoms. The van der Waals surface area contributed by atoms with Crippen LogP contribution in [0.15, 0.2) is 48.7 Å². The maximum atomic E-state index is 12.6.